The van der Waals surface area contributed by atoms with Crippen LogP contribution < -0.4 is 0 Å². The first-order valence-corrected chi connectivity index (χ1v) is 4.54. The van der Waals surface area contributed by atoms with Gasteiger partial charge in [-0.2, -0.15) is 5.26 Å². The van der Waals surface area contributed by atoms with Gasteiger partial charge in [0.15, 0.2) is 0 Å². The fourth-order valence-electron chi connectivity index (χ4n) is 1.01. The molecule has 5 heteroatoms. The number of halogens is 2. The zero-order chi connectivity index (χ0) is 11.4. The molecule has 0 aliphatic heterocycles. The van der Waals surface area contributed by atoms with Gasteiger partial charge < -0.3 is 4.74 Å². The Balaban J connectivity index is 3.15. The largest absolute Gasteiger partial charge is 0.462 e. The number of hydrogen-bond donors (Lipinski definition) is 0. The highest BCUT2D eigenvalue weighted by molar-refractivity contribution is 6.32. The van der Waals surface area contributed by atoms with Gasteiger partial charge in [0.25, 0.3) is 0 Å². The number of rotatable bonds is 2. The minimum absolute atomic E-state index is 0.00153. The van der Waals surface area contributed by atoms with Gasteiger partial charge in [-0.25, -0.2) is 9.18 Å². The van der Waals surface area contributed by atoms with Crippen LogP contribution in [-0.2, 0) is 4.74 Å². The van der Waals surface area contributed by atoms with Crippen LogP contribution in [0.25, 0.3) is 0 Å². The SMILES string of the molecule is CCOC(=O)c1cc(F)c(C#N)c(Cl)c1. The molecule has 0 N–H and O–H groups in total. The molecule has 0 heterocycles. The van der Waals surface area contributed by atoms with Crippen molar-refractivity contribution in [3.63, 3.8) is 0 Å². The van der Waals surface area contributed by atoms with Gasteiger partial charge in [-0.05, 0) is 19.1 Å². The molecule has 1 rings (SSSR count). The lowest BCUT2D eigenvalue weighted by Gasteiger charge is -2.03. The summed E-state index contributed by atoms with van der Waals surface area (Å²) in [5, 5.41) is 8.44. The molecule has 15 heavy (non-hydrogen) atoms. The maximum absolute atomic E-state index is 13.2. The monoisotopic (exact) mass is 227 g/mol. The molecule has 0 unspecified atom stereocenters. The number of carbonyl (C=O) groups excluding carboxylic acids is 1. The topological polar surface area (TPSA) is 50.1 Å². The van der Waals surface area contributed by atoms with Crippen LogP contribution in [0.5, 0.6) is 0 Å². The zero-order valence-electron chi connectivity index (χ0n) is 7.88. The first-order chi connectivity index (χ1) is 7.10. The first kappa shape index (κ1) is 11.5. The quantitative estimate of drug-likeness (QED) is 0.730. The minimum atomic E-state index is -0.826. The molecule has 0 saturated heterocycles. The number of carbonyl (C=O) groups is 1. The van der Waals surface area contributed by atoms with Crippen molar-refractivity contribution in [3.8, 4) is 6.07 Å². The third-order valence-corrected chi connectivity index (χ3v) is 1.96. The van der Waals surface area contributed by atoms with E-state index in [4.69, 9.17) is 16.9 Å². The molecule has 0 radical (unpaired) electrons. The Kier molecular flexibility index (Phi) is 3.64. The van der Waals surface area contributed by atoms with Crippen LogP contribution in [-0.4, -0.2) is 12.6 Å². The van der Waals surface area contributed by atoms with Crippen molar-refractivity contribution < 1.29 is 13.9 Å². The van der Waals surface area contributed by atoms with Crippen molar-refractivity contribution in [1.82, 2.24) is 0 Å². The van der Waals surface area contributed by atoms with Crippen molar-refractivity contribution in [2.75, 3.05) is 6.61 Å². The van der Waals surface area contributed by atoms with E-state index in [9.17, 15) is 9.18 Å². The van der Waals surface area contributed by atoms with Gasteiger partial charge in [-0.1, -0.05) is 11.6 Å². The molecular formula is C10H7ClFNO2. The van der Waals surface area contributed by atoms with Gasteiger partial charge >= 0.3 is 5.97 Å². The maximum Gasteiger partial charge on any atom is 0.338 e. The predicted molar refractivity (Wildman–Crippen MR) is 52.1 cm³/mol. The Morgan fingerprint density at radius 1 is 1.67 bits per heavy atom. The Hall–Kier alpha value is -1.60. The van der Waals surface area contributed by atoms with Gasteiger partial charge in [0.2, 0.25) is 0 Å². The summed E-state index contributed by atoms with van der Waals surface area (Å²) in [4.78, 5) is 11.2. The summed E-state index contributed by atoms with van der Waals surface area (Å²) in [7, 11) is 0. The van der Waals surface area contributed by atoms with Crippen LogP contribution >= 0.6 is 11.6 Å². The molecule has 0 amide bonds. The van der Waals surface area contributed by atoms with E-state index < -0.39 is 11.8 Å². The van der Waals surface area contributed by atoms with Crippen molar-refractivity contribution in [2.24, 2.45) is 0 Å². The summed E-state index contributed by atoms with van der Waals surface area (Å²) in [6.07, 6.45) is 0. The summed E-state index contributed by atoms with van der Waals surface area (Å²) < 4.78 is 17.9. The normalized spacial score (nSPS) is 9.47. The third-order valence-electron chi connectivity index (χ3n) is 1.67. The standard InChI is InChI=1S/C10H7ClFNO2/c1-2-15-10(14)6-3-8(11)7(5-13)9(12)4-6/h3-4H,2H2,1H3. The average molecular weight is 228 g/mol. The Morgan fingerprint density at radius 3 is 2.80 bits per heavy atom. The van der Waals surface area contributed by atoms with Crippen LogP contribution in [0.3, 0.4) is 0 Å². The molecule has 0 aromatic heterocycles. The molecule has 0 fully saturated rings. The number of hydrogen-bond acceptors (Lipinski definition) is 3. The second-order valence-corrected chi connectivity index (χ2v) is 3.05. The van der Waals surface area contributed by atoms with E-state index in [1.54, 1.807) is 13.0 Å². The molecule has 0 saturated carbocycles. The average Bonchev–Trinajstić information content (AvgIpc) is 2.17. The number of nitrogens with zero attached hydrogens (tertiary/aromatic N) is 1. The maximum atomic E-state index is 13.2. The molecule has 0 bridgehead atoms. The summed E-state index contributed by atoms with van der Waals surface area (Å²) in [5.41, 5.74) is -0.275. The highest BCUT2D eigenvalue weighted by atomic mass is 35.5. The fourth-order valence-corrected chi connectivity index (χ4v) is 1.26. The van der Waals surface area contributed by atoms with E-state index >= 15 is 0 Å². The first-order valence-electron chi connectivity index (χ1n) is 4.16. The van der Waals surface area contributed by atoms with Crippen LogP contribution in [0.2, 0.25) is 5.02 Å². The Labute approximate surface area is 91.0 Å². The zero-order valence-corrected chi connectivity index (χ0v) is 8.64. The molecule has 0 atom stereocenters. The molecule has 1 aromatic carbocycles. The highest BCUT2D eigenvalue weighted by Crippen LogP contribution is 2.21. The van der Waals surface area contributed by atoms with E-state index in [1.807, 2.05) is 0 Å². The van der Waals surface area contributed by atoms with E-state index in [0.717, 1.165) is 6.07 Å². The molecule has 0 aliphatic rings. The highest BCUT2D eigenvalue weighted by Gasteiger charge is 2.14. The summed E-state index contributed by atoms with van der Waals surface area (Å²) in [5.74, 6) is -1.49. The van der Waals surface area contributed by atoms with E-state index in [1.165, 1.54) is 6.07 Å². The smallest absolute Gasteiger partial charge is 0.338 e. The predicted octanol–water partition coefficient (Wildman–Crippen LogP) is 2.53. The van der Waals surface area contributed by atoms with Crippen LogP contribution in [0.4, 0.5) is 4.39 Å². The molecule has 0 spiro atoms. The summed E-state index contributed by atoms with van der Waals surface area (Å²) >= 11 is 5.61. The molecule has 0 aliphatic carbocycles. The Morgan fingerprint density at radius 2 is 2.33 bits per heavy atom. The number of nitriles is 1. The van der Waals surface area contributed by atoms with Gasteiger partial charge in [-0.3, -0.25) is 0 Å². The van der Waals surface area contributed by atoms with Gasteiger partial charge in [0, 0.05) is 0 Å². The minimum Gasteiger partial charge on any atom is -0.462 e. The van der Waals surface area contributed by atoms with E-state index in [0.29, 0.717) is 0 Å². The van der Waals surface area contributed by atoms with Crippen molar-refractivity contribution in [3.05, 3.63) is 34.1 Å². The van der Waals surface area contributed by atoms with Crippen LogP contribution in [0.1, 0.15) is 22.8 Å². The molecular weight excluding hydrogens is 221 g/mol. The van der Waals surface area contributed by atoms with Crippen molar-refractivity contribution in [2.45, 2.75) is 6.92 Å². The summed E-state index contributed by atoms with van der Waals surface area (Å²) in [6, 6.07) is 3.75. The third kappa shape index (κ3) is 2.45. The van der Waals surface area contributed by atoms with Crippen LogP contribution in [0.15, 0.2) is 12.1 Å². The van der Waals surface area contributed by atoms with Crippen molar-refractivity contribution in [1.29, 1.82) is 5.26 Å². The molecule has 1 aromatic rings. The molecule has 78 valence electrons. The van der Waals surface area contributed by atoms with Crippen LogP contribution in [0, 0.1) is 17.1 Å². The molecule has 3 nitrogen and oxygen atoms in total. The van der Waals surface area contributed by atoms with Gasteiger partial charge in [-0.15, -0.1) is 0 Å². The second-order valence-electron chi connectivity index (χ2n) is 2.65. The summed E-state index contributed by atoms with van der Waals surface area (Å²) in [6.45, 7) is 1.83. The number of benzene rings is 1. The lowest BCUT2D eigenvalue weighted by molar-refractivity contribution is 0.0526. The van der Waals surface area contributed by atoms with E-state index in [-0.39, 0.29) is 22.8 Å². The number of esters is 1. The second kappa shape index (κ2) is 4.76. The van der Waals surface area contributed by atoms with Crippen molar-refractivity contribution >= 4 is 17.6 Å². The lowest BCUT2D eigenvalue weighted by atomic mass is 10.1. The van der Waals surface area contributed by atoms with Gasteiger partial charge in [0.1, 0.15) is 17.4 Å². The fraction of sp³-hybridized carbons (Fsp3) is 0.200. The number of ether oxygens (including phenoxy) is 1. The van der Waals surface area contributed by atoms with E-state index in [2.05, 4.69) is 4.74 Å². The lowest BCUT2D eigenvalue weighted by Crippen LogP contribution is -2.05. The van der Waals surface area contributed by atoms with Gasteiger partial charge in [0.05, 0.1) is 17.2 Å². The Bertz CT molecular complexity index is 417.